The molecule has 2 heterocycles. The Bertz CT molecular complexity index is 648. The van der Waals surface area contributed by atoms with Crippen LogP contribution in [-0.4, -0.2) is 35.4 Å². The van der Waals surface area contributed by atoms with E-state index in [1.807, 2.05) is 16.7 Å². The van der Waals surface area contributed by atoms with Gasteiger partial charge in [0.05, 0.1) is 11.1 Å². The quantitative estimate of drug-likeness (QED) is 0.880. The molecule has 1 aliphatic rings. The maximum Gasteiger partial charge on any atom is 0.266 e. The number of halogens is 1. The minimum atomic E-state index is -0.360. The molecular weight excluding hydrogens is 295 g/mol. The SMILES string of the molecule is Nc1c(C(=O)N2CCCSCC2)sc2cccc(F)c12. The van der Waals surface area contributed by atoms with E-state index in [0.717, 1.165) is 35.7 Å². The average molecular weight is 310 g/mol. The fourth-order valence-electron chi connectivity index (χ4n) is 2.38. The molecule has 20 heavy (non-hydrogen) atoms. The number of anilines is 1. The monoisotopic (exact) mass is 310 g/mol. The van der Waals surface area contributed by atoms with Gasteiger partial charge in [0.25, 0.3) is 5.91 Å². The van der Waals surface area contributed by atoms with Crippen molar-refractivity contribution in [2.24, 2.45) is 0 Å². The second-order valence-electron chi connectivity index (χ2n) is 4.72. The van der Waals surface area contributed by atoms with Gasteiger partial charge in [0.15, 0.2) is 0 Å². The lowest BCUT2D eigenvalue weighted by molar-refractivity contribution is 0.0774. The smallest absolute Gasteiger partial charge is 0.266 e. The zero-order valence-corrected chi connectivity index (χ0v) is 12.5. The predicted molar refractivity (Wildman–Crippen MR) is 84.0 cm³/mol. The number of carbonyl (C=O) groups excluding carboxylic acids is 1. The van der Waals surface area contributed by atoms with E-state index in [1.54, 1.807) is 12.1 Å². The Kier molecular flexibility index (Phi) is 3.85. The standard InChI is InChI=1S/C14H15FN2OS2/c15-9-3-1-4-10-11(9)12(16)13(20-10)14(18)17-5-2-7-19-8-6-17/h1,3-4H,2,5-8,16H2. The molecule has 1 fully saturated rings. The minimum Gasteiger partial charge on any atom is -0.397 e. The van der Waals surface area contributed by atoms with Gasteiger partial charge in [0.2, 0.25) is 0 Å². The normalized spacial score (nSPS) is 16.4. The van der Waals surface area contributed by atoms with Crippen molar-refractivity contribution >= 4 is 44.8 Å². The van der Waals surface area contributed by atoms with Crippen molar-refractivity contribution in [3.8, 4) is 0 Å². The minimum absolute atomic E-state index is 0.0643. The van der Waals surface area contributed by atoms with Gasteiger partial charge in [0, 0.05) is 23.5 Å². The summed E-state index contributed by atoms with van der Waals surface area (Å²) in [5.74, 6) is 1.61. The Balaban J connectivity index is 1.99. The molecule has 0 spiro atoms. The van der Waals surface area contributed by atoms with Crippen molar-refractivity contribution in [1.29, 1.82) is 0 Å². The van der Waals surface area contributed by atoms with E-state index in [1.165, 1.54) is 17.4 Å². The molecule has 1 aromatic carbocycles. The first kappa shape index (κ1) is 13.7. The van der Waals surface area contributed by atoms with Gasteiger partial charge in [0.1, 0.15) is 10.7 Å². The highest BCUT2D eigenvalue weighted by Crippen LogP contribution is 2.36. The van der Waals surface area contributed by atoms with Crippen LogP contribution in [0.15, 0.2) is 18.2 Å². The van der Waals surface area contributed by atoms with Gasteiger partial charge in [-0.2, -0.15) is 11.8 Å². The van der Waals surface area contributed by atoms with Gasteiger partial charge in [-0.05, 0) is 24.3 Å². The first-order valence-corrected chi connectivity index (χ1v) is 8.49. The van der Waals surface area contributed by atoms with Gasteiger partial charge in [-0.15, -0.1) is 11.3 Å². The largest absolute Gasteiger partial charge is 0.397 e. The Morgan fingerprint density at radius 3 is 2.95 bits per heavy atom. The summed E-state index contributed by atoms with van der Waals surface area (Å²) in [6.07, 6.45) is 0.996. The Hall–Kier alpha value is -1.27. The van der Waals surface area contributed by atoms with E-state index in [2.05, 4.69) is 0 Å². The zero-order chi connectivity index (χ0) is 14.1. The number of benzene rings is 1. The van der Waals surface area contributed by atoms with E-state index < -0.39 is 0 Å². The molecule has 6 heteroatoms. The van der Waals surface area contributed by atoms with E-state index in [0.29, 0.717) is 10.3 Å². The van der Waals surface area contributed by atoms with Crippen LogP contribution in [0.3, 0.4) is 0 Å². The third-order valence-corrected chi connectivity index (χ3v) is 5.61. The number of nitrogens with zero attached hydrogens (tertiary/aromatic N) is 1. The molecule has 0 saturated carbocycles. The van der Waals surface area contributed by atoms with Crippen LogP contribution >= 0.6 is 23.1 Å². The molecule has 2 aromatic rings. The molecule has 1 amide bonds. The van der Waals surface area contributed by atoms with Crippen molar-refractivity contribution in [3.05, 3.63) is 28.9 Å². The van der Waals surface area contributed by atoms with Gasteiger partial charge in [-0.25, -0.2) is 4.39 Å². The van der Waals surface area contributed by atoms with Crippen molar-refractivity contribution in [2.75, 3.05) is 30.3 Å². The highest BCUT2D eigenvalue weighted by molar-refractivity contribution is 7.99. The lowest BCUT2D eigenvalue weighted by atomic mass is 10.2. The molecule has 3 rings (SSSR count). The topological polar surface area (TPSA) is 46.3 Å². The number of thiophene rings is 1. The molecule has 0 aliphatic carbocycles. The van der Waals surface area contributed by atoms with Crippen LogP contribution < -0.4 is 5.73 Å². The molecule has 0 bridgehead atoms. The van der Waals surface area contributed by atoms with Crippen LogP contribution in [0.1, 0.15) is 16.1 Å². The van der Waals surface area contributed by atoms with Crippen LogP contribution in [0.2, 0.25) is 0 Å². The van der Waals surface area contributed by atoms with Gasteiger partial charge < -0.3 is 10.6 Å². The fraction of sp³-hybridized carbons (Fsp3) is 0.357. The van der Waals surface area contributed by atoms with Crippen LogP contribution in [-0.2, 0) is 0 Å². The van der Waals surface area contributed by atoms with E-state index in [9.17, 15) is 9.18 Å². The summed E-state index contributed by atoms with van der Waals surface area (Å²) in [5, 5.41) is 0.380. The second-order valence-corrected chi connectivity index (χ2v) is 6.99. The maximum absolute atomic E-state index is 13.8. The van der Waals surface area contributed by atoms with Crippen LogP contribution in [0.25, 0.3) is 10.1 Å². The number of fused-ring (bicyclic) bond motifs is 1. The summed E-state index contributed by atoms with van der Waals surface area (Å²) >= 11 is 3.15. The summed E-state index contributed by atoms with van der Waals surface area (Å²) in [7, 11) is 0. The summed E-state index contributed by atoms with van der Waals surface area (Å²) in [5.41, 5.74) is 6.29. The predicted octanol–water partition coefficient (Wildman–Crippen LogP) is 3.20. The first-order chi connectivity index (χ1) is 9.68. The fourth-order valence-corrected chi connectivity index (χ4v) is 4.37. The van der Waals surface area contributed by atoms with Crippen molar-refractivity contribution in [2.45, 2.75) is 6.42 Å². The third-order valence-electron chi connectivity index (χ3n) is 3.41. The lowest BCUT2D eigenvalue weighted by Crippen LogP contribution is -2.32. The van der Waals surface area contributed by atoms with Crippen molar-refractivity contribution in [1.82, 2.24) is 4.90 Å². The summed E-state index contributed by atoms with van der Waals surface area (Å²) < 4.78 is 14.6. The first-order valence-electron chi connectivity index (χ1n) is 6.52. The molecule has 1 aromatic heterocycles. The third kappa shape index (κ3) is 2.38. The van der Waals surface area contributed by atoms with Crippen LogP contribution in [0, 0.1) is 5.82 Å². The molecule has 2 N–H and O–H groups in total. The molecule has 0 atom stereocenters. The number of nitrogens with two attached hydrogens (primary N) is 1. The molecular formula is C14H15FN2OS2. The summed E-state index contributed by atoms with van der Waals surface area (Å²) in [6, 6.07) is 4.82. The number of carbonyl (C=O) groups is 1. The molecule has 3 nitrogen and oxygen atoms in total. The van der Waals surface area contributed by atoms with Crippen molar-refractivity contribution < 1.29 is 9.18 Å². The molecule has 1 aliphatic heterocycles. The number of nitrogen functional groups attached to an aromatic ring is 1. The lowest BCUT2D eigenvalue weighted by Gasteiger charge is -2.19. The maximum atomic E-state index is 13.8. The van der Waals surface area contributed by atoms with Crippen LogP contribution in [0.4, 0.5) is 10.1 Å². The molecule has 106 valence electrons. The van der Waals surface area contributed by atoms with E-state index >= 15 is 0 Å². The number of amides is 1. The number of hydrogen-bond acceptors (Lipinski definition) is 4. The molecule has 0 radical (unpaired) electrons. The zero-order valence-electron chi connectivity index (χ0n) is 10.9. The highest BCUT2D eigenvalue weighted by atomic mass is 32.2. The van der Waals surface area contributed by atoms with Gasteiger partial charge in [-0.1, -0.05) is 6.07 Å². The number of hydrogen-bond donors (Lipinski definition) is 1. The highest BCUT2D eigenvalue weighted by Gasteiger charge is 2.23. The molecule has 0 unspecified atom stereocenters. The van der Waals surface area contributed by atoms with Gasteiger partial charge >= 0.3 is 0 Å². The van der Waals surface area contributed by atoms with E-state index in [-0.39, 0.29) is 17.4 Å². The Labute approximate surface area is 124 Å². The summed E-state index contributed by atoms with van der Waals surface area (Å²) in [4.78, 5) is 14.9. The van der Waals surface area contributed by atoms with Gasteiger partial charge in [-0.3, -0.25) is 4.79 Å². The number of rotatable bonds is 1. The van der Waals surface area contributed by atoms with Crippen molar-refractivity contribution in [3.63, 3.8) is 0 Å². The van der Waals surface area contributed by atoms with Crippen LogP contribution in [0.5, 0.6) is 0 Å². The second kappa shape index (κ2) is 5.61. The molecule has 1 saturated heterocycles. The number of thioether (sulfide) groups is 1. The summed E-state index contributed by atoms with van der Waals surface area (Å²) in [6.45, 7) is 1.49. The Morgan fingerprint density at radius 2 is 2.15 bits per heavy atom. The van der Waals surface area contributed by atoms with E-state index in [4.69, 9.17) is 5.73 Å². The Morgan fingerprint density at radius 1 is 1.30 bits per heavy atom. The average Bonchev–Trinajstić information content (AvgIpc) is 2.65.